The van der Waals surface area contributed by atoms with E-state index in [9.17, 15) is 4.79 Å². The van der Waals surface area contributed by atoms with Crippen molar-refractivity contribution < 1.29 is 4.79 Å². The molecule has 0 aliphatic heterocycles. The fourth-order valence-electron chi connectivity index (χ4n) is 2.52. The lowest BCUT2D eigenvalue weighted by Crippen LogP contribution is -2.28. The van der Waals surface area contributed by atoms with Crippen molar-refractivity contribution >= 4 is 40.0 Å². The van der Waals surface area contributed by atoms with E-state index in [-0.39, 0.29) is 11.9 Å². The van der Waals surface area contributed by atoms with E-state index in [1.807, 2.05) is 55.5 Å². The molecule has 0 aliphatic rings. The molecule has 122 valence electrons. The standard InChI is InChI=1S/C19H17ClN2OS/c1-13(15-7-4-10-21-11-15)22-18(23)12-24-17-9-3-6-14-5-2-8-16(20)19(14)17/h2-11,13H,12H2,1H3,(H,22,23). The van der Waals surface area contributed by atoms with Crippen molar-refractivity contribution in [3.8, 4) is 0 Å². The van der Waals surface area contributed by atoms with E-state index in [0.717, 1.165) is 21.2 Å². The number of hydrogen-bond acceptors (Lipinski definition) is 3. The highest BCUT2D eigenvalue weighted by molar-refractivity contribution is 8.00. The zero-order valence-electron chi connectivity index (χ0n) is 13.2. The first kappa shape index (κ1) is 16.8. The Morgan fingerprint density at radius 1 is 1.21 bits per heavy atom. The largest absolute Gasteiger partial charge is 0.349 e. The van der Waals surface area contributed by atoms with Crippen LogP contribution in [0.1, 0.15) is 18.5 Å². The summed E-state index contributed by atoms with van der Waals surface area (Å²) in [6.45, 7) is 1.95. The minimum Gasteiger partial charge on any atom is -0.349 e. The molecule has 3 nitrogen and oxygen atoms in total. The van der Waals surface area contributed by atoms with Crippen LogP contribution < -0.4 is 5.32 Å². The fourth-order valence-corrected chi connectivity index (χ4v) is 3.78. The Morgan fingerprint density at radius 3 is 2.75 bits per heavy atom. The molecule has 0 aliphatic carbocycles. The molecule has 1 aromatic heterocycles. The summed E-state index contributed by atoms with van der Waals surface area (Å²) in [4.78, 5) is 17.3. The Labute approximate surface area is 150 Å². The van der Waals surface area contributed by atoms with Gasteiger partial charge in [0.05, 0.1) is 11.8 Å². The molecule has 0 saturated carbocycles. The van der Waals surface area contributed by atoms with Crippen LogP contribution in [0.5, 0.6) is 0 Å². The van der Waals surface area contributed by atoms with Crippen molar-refractivity contribution in [3.63, 3.8) is 0 Å². The SMILES string of the molecule is CC(NC(=O)CSc1cccc2cccc(Cl)c12)c1cccnc1. The van der Waals surface area contributed by atoms with Crippen molar-refractivity contribution in [1.82, 2.24) is 10.3 Å². The summed E-state index contributed by atoms with van der Waals surface area (Å²) in [5, 5.41) is 5.78. The Balaban J connectivity index is 1.67. The molecule has 1 N–H and O–H groups in total. The molecule has 3 rings (SSSR count). The van der Waals surface area contributed by atoms with Gasteiger partial charge in [0.2, 0.25) is 5.91 Å². The van der Waals surface area contributed by atoms with Gasteiger partial charge in [0.15, 0.2) is 0 Å². The maximum absolute atomic E-state index is 12.2. The quantitative estimate of drug-likeness (QED) is 0.664. The number of fused-ring (bicyclic) bond motifs is 1. The third-order valence-electron chi connectivity index (χ3n) is 3.74. The second-order valence-electron chi connectivity index (χ2n) is 5.46. The number of nitrogens with zero attached hydrogens (tertiary/aromatic N) is 1. The lowest BCUT2D eigenvalue weighted by molar-refractivity contribution is -0.119. The maximum Gasteiger partial charge on any atom is 0.230 e. The molecular weight excluding hydrogens is 340 g/mol. The third kappa shape index (κ3) is 3.89. The summed E-state index contributed by atoms with van der Waals surface area (Å²) < 4.78 is 0. The molecule has 1 atom stereocenters. The van der Waals surface area contributed by atoms with Gasteiger partial charge < -0.3 is 5.32 Å². The Morgan fingerprint density at radius 2 is 2.00 bits per heavy atom. The highest BCUT2D eigenvalue weighted by Gasteiger charge is 2.11. The number of rotatable bonds is 5. The van der Waals surface area contributed by atoms with Crippen LogP contribution in [-0.4, -0.2) is 16.6 Å². The van der Waals surface area contributed by atoms with Gasteiger partial charge in [-0.25, -0.2) is 0 Å². The summed E-state index contributed by atoms with van der Waals surface area (Å²) in [6.07, 6.45) is 3.49. The lowest BCUT2D eigenvalue weighted by atomic mass is 10.1. The van der Waals surface area contributed by atoms with E-state index in [1.165, 1.54) is 11.8 Å². The van der Waals surface area contributed by atoms with Gasteiger partial charge in [-0.2, -0.15) is 0 Å². The normalized spacial score (nSPS) is 12.1. The van der Waals surface area contributed by atoms with Gasteiger partial charge in [-0.15, -0.1) is 11.8 Å². The summed E-state index contributed by atoms with van der Waals surface area (Å²) in [5.74, 6) is 0.329. The first-order valence-corrected chi connectivity index (χ1v) is 9.01. The molecule has 0 spiro atoms. The number of carbonyl (C=O) groups excluding carboxylic acids is 1. The average molecular weight is 357 g/mol. The van der Waals surface area contributed by atoms with Crippen molar-refractivity contribution in [2.45, 2.75) is 17.9 Å². The van der Waals surface area contributed by atoms with Crippen LogP contribution in [0, 0.1) is 0 Å². The first-order valence-electron chi connectivity index (χ1n) is 7.64. The smallest absolute Gasteiger partial charge is 0.230 e. The summed E-state index contributed by atoms with van der Waals surface area (Å²) in [5.41, 5.74) is 0.990. The number of hydrogen-bond donors (Lipinski definition) is 1. The second kappa shape index (κ2) is 7.69. The molecule has 1 heterocycles. The molecule has 1 unspecified atom stereocenters. The highest BCUT2D eigenvalue weighted by atomic mass is 35.5. The second-order valence-corrected chi connectivity index (χ2v) is 6.88. The van der Waals surface area contributed by atoms with Gasteiger partial charge in [0.1, 0.15) is 0 Å². The predicted molar refractivity (Wildman–Crippen MR) is 100 cm³/mol. The van der Waals surface area contributed by atoms with Crippen LogP contribution in [0.2, 0.25) is 5.02 Å². The zero-order valence-corrected chi connectivity index (χ0v) is 14.8. The minimum absolute atomic E-state index is 0.0135. The molecule has 0 radical (unpaired) electrons. The number of nitrogens with one attached hydrogen (secondary N) is 1. The Bertz CT molecular complexity index is 849. The molecule has 0 fully saturated rings. The Kier molecular flexibility index (Phi) is 5.38. The van der Waals surface area contributed by atoms with Gasteiger partial charge in [-0.1, -0.05) is 41.9 Å². The molecule has 2 aromatic carbocycles. The van der Waals surface area contributed by atoms with Crippen LogP contribution in [0.15, 0.2) is 65.8 Å². The van der Waals surface area contributed by atoms with Crippen LogP contribution >= 0.6 is 23.4 Å². The Hall–Kier alpha value is -2.04. The summed E-state index contributed by atoms with van der Waals surface area (Å²) in [7, 11) is 0. The van der Waals surface area contributed by atoms with Crippen LogP contribution in [0.4, 0.5) is 0 Å². The number of benzene rings is 2. The first-order chi connectivity index (χ1) is 11.6. The number of pyridine rings is 1. The number of halogens is 1. The topological polar surface area (TPSA) is 42.0 Å². The van der Waals surface area contributed by atoms with Gasteiger partial charge >= 0.3 is 0 Å². The predicted octanol–water partition coefficient (Wildman–Crippen LogP) is 4.86. The monoisotopic (exact) mass is 356 g/mol. The van der Waals surface area contributed by atoms with Gasteiger partial charge in [0, 0.05) is 27.7 Å². The minimum atomic E-state index is -0.0668. The van der Waals surface area contributed by atoms with Crippen molar-refractivity contribution in [1.29, 1.82) is 0 Å². The maximum atomic E-state index is 12.2. The van der Waals surface area contributed by atoms with Crippen LogP contribution in [-0.2, 0) is 4.79 Å². The number of thioether (sulfide) groups is 1. The number of amides is 1. The molecule has 0 saturated heterocycles. The molecular formula is C19H17ClN2OS. The van der Waals surface area contributed by atoms with E-state index in [4.69, 9.17) is 11.6 Å². The molecule has 5 heteroatoms. The zero-order chi connectivity index (χ0) is 16.9. The van der Waals surface area contributed by atoms with E-state index in [1.54, 1.807) is 12.4 Å². The highest BCUT2D eigenvalue weighted by Crippen LogP contribution is 2.33. The lowest BCUT2D eigenvalue weighted by Gasteiger charge is -2.14. The molecule has 0 bridgehead atoms. The van der Waals surface area contributed by atoms with Crippen molar-refractivity contribution in [3.05, 3.63) is 71.5 Å². The summed E-state index contributed by atoms with van der Waals surface area (Å²) >= 11 is 7.82. The van der Waals surface area contributed by atoms with E-state index < -0.39 is 0 Å². The van der Waals surface area contributed by atoms with Crippen LogP contribution in [0.25, 0.3) is 10.8 Å². The van der Waals surface area contributed by atoms with Crippen molar-refractivity contribution in [2.75, 3.05) is 5.75 Å². The van der Waals surface area contributed by atoms with Crippen LogP contribution in [0.3, 0.4) is 0 Å². The van der Waals surface area contributed by atoms with Gasteiger partial charge in [-0.3, -0.25) is 9.78 Å². The molecule has 24 heavy (non-hydrogen) atoms. The molecule has 3 aromatic rings. The van der Waals surface area contributed by atoms with E-state index in [2.05, 4.69) is 10.3 Å². The van der Waals surface area contributed by atoms with Gasteiger partial charge in [0.25, 0.3) is 0 Å². The average Bonchev–Trinajstić information content (AvgIpc) is 2.61. The van der Waals surface area contributed by atoms with E-state index in [0.29, 0.717) is 10.8 Å². The number of aromatic nitrogens is 1. The summed E-state index contributed by atoms with van der Waals surface area (Å²) in [6, 6.07) is 15.6. The van der Waals surface area contributed by atoms with E-state index >= 15 is 0 Å². The third-order valence-corrected chi connectivity index (χ3v) is 5.11. The molecule has 1 amide bonds. The fraction of sp³-hybridized carbons (Fsp3) is 0.158. The van der Waals surface area contributed by atoms with Gasteiger partial charge in [-0.05, 0) is 36.1 Å². The van der Waals surface area contributed by atoms with Crippen molar-refractivity contribution in [2.24, 2.45) is 0 Å². The number of carbonyl (C=O) groups is 1.